The summed E-state index contributed by atoms with van der Waals surface area (Å²) in [5.41, 5.74) is 0.743. The lowest BCUT2D eigenvalue weighted by atomic mass is 9.64. The second kappa shape index (κ2) is 4.41. The summed E-state index contributed by atoms with van der Waals surface area (Å²) >= 11 is 6.37. The SMILES string of the molecule is Cc1cccc(OC2CC(Cl)C23CCCC3)c1F. The summed E-state index contributed by atoms with van der Waals surface area (Å²) in [5.74, 6) is 0.151. The minimum atomic E-state index is -0.233. The fourth-order valence-corrected chi connectivity index (χ4v) is 3.92. The van der Waals surface area contributed by atoms with Crippen LogP contribution in [0.1, 0.15) is 37.7 Å². The van der Waals surface area contributed by atoms with Gasteiger partial charge in [0.15, 0.2) is 11.6 Å². The summed E-state index contributed by atoms with van der Waals surface area (Å²) in [7, 11) is 0. The van der Waals surface area contributed by atoms with Gasteiger partial charge >= 0.3 is 0 Å². The van der Waals surface area contributed by atoms with Gasteiger partial charge in [0.05, 0.1) is 0 Å². The Morgan fingerprint density at radius 3 is 2.72 bits per heavy atom. The van der Waals surface area contributed by atoms with Crippen molar-refractivity contribution in [3.05, 3.63) is 29.6 Å². The molecule has 1 spiro atoms. The van der Waals surface area contributed by atoms with Crippen LogP contribution in [0.25, 0.3) is 0 Å². The van der Waals surface area contributed by atoms with Crippen molar-refractivity contribution in [1.82, 2.24) is 0 Å². The van der Waals surface area contributed by atoms with E-state index < -0.39 is 0 Å². The quantitative estimate of drug-likeness (QED) is 0.720. The number of benzene rings is 1. The molecule has 2 aliphatic carbocycles. The van der Waals surface area contributed by atoms with E-state index in [-0.39, 0.29) is 22.7 Å². The third kappa shape index (κ3) is 1.73. The molecule has 2 aliphatic rings. The Hall–Kier alpha value is -0.760. The normalized spacial score (nSPS) is 29.3. The Bertz CT molecular complexity index is 454. The molecule has 98 valence electrons. The van der Waals surface area contributed by atoms with Crippen LogP contribution in [0.5, 0.6) is 5.75 Å². The molecule has 0 aliphatic heterocycles. The van der Waals surface area contributed by atoms with Gasteiger partial charge in [0.25, 0.3) is 0 Å². The number of aryl methyl sites for hydroxylation is 1. The molecule has 3 heteroatoms. The van der Waals surface area contributed by atoms with Crippen molar-refractivity contribution in [2.75, 3.05) is 0 Å². The molecule has 0 amide bonds. The fraction of sp³-hybridized carbons (Fsp3) is 0.600. The van der Waals surface area contributed by atoms with Crippen LogP contribution < -0.4 is 4.74 Å². The molecule has 18 heavy (non-hydrogen) atoms. The van der Waals surface area contributed by atoms with Crippen LogP contribution in [0, 0.1) is 18.2 Å². The maximum absolute atomic E-state index is 13.9. The van der Waals surface area contributed by atoms with Gasteiger partial charge in [-0.05, 0) is 31.4 Å². The van der Waals surface area contributed by atoms with Crippen LogP contribution in [-0.4, -0.2) is 11.5 Å². The lowest BCUT2D eigenvalue weighted by Crippen LogP contribution is -2.55. The molecule has 1 aromatic rings. The van der Waals surface area contributed by atoms with Crippen LogP contribution in [0.3, 0.4) is 0 Å². The minimum absolute atomic E-state index is 0.0961. The molecule has 0 heterocycles. The van der Waals surface area contributed by atoms with E-state index >= 15 is 0 Å². The van der Waals surface area contributed by atoms with Gasteiger partial charge in [-0.3, -0.25) is 0 Å². The molecule has 2 atom stereocenters. The zero-order valence-corrected chi connectivity index (χ0v) is 11.3. The molecule has 2 unspecified atom stereocenters. The summed E-state index contributed by atoms with van der Waals surface area (Å²) in [5, 5.41) is 0.206. The molecule has 0 N–H and O–H groups in total. The molecule has 0 radical (unpaired) electrons. The van der Waals surface area contributed by atoms with Gasteiger partial charge in [0.2, 0.25) is 0 Å². The highest BCUT2D eigenvalue weighted by molar-refractivity contribution is 6.21. The molecule has 1 nitrogen and oxygen atoms in total. The molecule has 1 aromatic carbocycles. The average Bonchev–Trinajstić information content (AvgIpc) is 2.86. The average molecular weight is 269 g/mol. The summed E-state index contributed by atoms with van der Waals surface area (Å²) in [6.07, 6.45) is 5.63. The van der Waals surface area contributed by atoms with Crippen molar-refractivity contribution in [3.8, 4) is 5.75 Å². The van der Waals surface area contributed by atoms with Gasteiger partial charge in [0, 0.05) is 17.2 Å². The van der Waals surface area contributed by atoms with Gasteiger partial charge in [-0.1, -0.05) is 25.0 Å². The third-order valence-corrected chi connectivity index (χ3v) is 5.26. The smallest absolute Gasteiger partial charge is 0.167 e. The van der Waals surface area contributed by atoms with E-state index in [0.717, 1.165) is 19.3 Å². The second-order valence-corrected chi connectivity index (χ2v) is 6.16. The van der Waals surface area contributed by atoms with Crippen LogP contribution in [0.15, 0.2) is 18.2 Å². The zero-order chi connectivity index (χ0) is 12.8. The summed E-state index contributed by atoms with van der Waals surface area (Å²) < 4.78 is 19.8. The van der Waals surface area contributed by atoms with Crippen LogP contribution >= 0.6 is 11.6 Å². The summed E-state index contributed by atoms with van der Waals surface area (Å²) in [4.78, 5) is 0. The van der Waals surface area contributed by atoms with E-state index in [1.165, 1.54) is 12.8 Å². The van der Waals surface area contributed by atoms with Crippen molar-refractivity contribution >= 4 is 11.6 Å². The highest BCUT2D eigenvalue weighted by atomic mass is 35.5. The lowest BCUT2D eigenvalue weighted by molar-refractivity contribution is -0.0375. The highest BCUT2D eigenvalue weighted by Gasteiger charge is 2.57. The van der Waals surface area contributed by atoms with Gasteiger partial charge in [-0.2, -0.15) is 0 Å². The summed E-state index contributed by atoms with van der Waals surface area (Å²) in [6, 6.07) is 5.32. The molecular weight excluding hydrogens is 251 g/mol. The molecule has 0 aromatic heterocycles. The van der Waals surface area contributed by atoms with Crippen LogP contribution in [-0.2, 0) is 0 Å². The van der Waals surface area contributed by atoms with Crippen molar-refractivity contribution in [2.45, 2.75) is 50.5 Å². The van der Waals surface area contributed by atoms with Gasteiger partial charge in [-0.25, -0.2) is 4.39 Å². The number of ether oxygens (including phenoxy) is 1. The Labute approximate surface area is 112 Å². The lowest BCUT2D eigenvalue weighted by Gasteiger charge is -2.50. The minimum Gasteiger partial charge on any atom is -0.487 e. The van der Waals surface area contributed by atoms with Gasteiger partial charge in [-0.15, -0.1) is 11.6 Å². The number of halogens is 2. The fourth-order valence-electron chi connectivity index (χ4n) is 3.40. The first kappa shape index (κ1) is 12.3. The zero-order valence-electron chi connectivity index (χ0n) is 10.6. The Morgan fingerprint density at radius 1 is 1.33 bits per heavy atom. The maximum atomic E-state index is 13.9. The molecule has 2 saturated carbocycles. The number of rotatable bonds is 2. The highest BCUT2D eigenvalue weighted by Crippen LogP contribution is 2.57. The first-order valence-corrected chi connectivity index (χ1v) is 7.13. The van der Waals surface area contributed by atoms with Gasteiger partial charge < -0.3 is 4.74 Å². The Kier molecular flexibility index (Phi) is 3.01. The molecule has 0 saturated heterocycles. The van der Waals surface area contributed by atoms with Crippen molar-refractivity contribution in [2.24, 2.45) is 5.41 Å². The van der Waals surface area contributed by atoms with Crippen molar-refractivity contribution in [3.63, 3.8) is 0 Å². The van der Waals surface area contributed by atoms with E-state index in [1.54, 1.807) is 19.1 Å². The van der Waals surface area contributed by atoms with E-state index in [9.17, 15) is 4.39 Å². The molecule has 3 rings (SSSR count). The first-order chi connectivity index (χ1) is 8.63. The predicted octanol–water partition coefficient (Wildman–Crippen LogP) is 4.45. The molecule has 2 fully saturated rings. The first-order valence-electron chi connectivity index (χ1n) is 6.69. The van der Waals surface area contributed by atoms with Crippen LogP contribution in [0.4, 0.5) is 4.39 Å². The molecule has 0 bridgehead atoms. The Balaban J connectivity index is 1.79. The molecular formula is C15H18ClFO. The topological polar surface area (TPSA) is 9.23 Å². The number of hydrogen-bond acceptors (Lipinski definition) is 1. The monoisotopic (exact) mass is 268 g/mol. The summed E-state index contributed by atoms with van der Waals surface area (Å²) in [6.45, 7) is 1.76. The maximum Gasteiger partial charge on any atom is 0.167 e. The van der Waals surface area contributed by atoms with Crippen molar-refractivity contribution in [1.29, 1.82) is 0 Å². The van der Waals surface area contributed by atoms with Gasteiger partial charge in [0.1, 0.15) is 6.10 Å². The largest absolute Gasteiger partial charge is 0.487 e. The Morgan fingerprint density at radius 2 is 2.06 bits per heavy atom. The van der Waals surface area contributed by atoms with Crippen molar-refractivity contribution < 1.29 is 9.13 Å². The second-order valence-electron chi connectivity index (χ2n) is 5.64. The standard InChI is InChI=1S/C15H18ClFO/c1-10-5-4-6-11(14(10)17)18-13-9-12(16)15(13)7-2-3-8-15/h4-6,12-13H,2-3,7-9H2,1H3. The van der Waals surface area contributed by atoms with E-state index in [0.29, 0.717) is 11.3 Å². The third-order valence-electron chi connectivity index (χ3n) is 4.65. The number of alkyl halides is 1. The predicted molar refractivity (Wildman–Crippen MR) is 70.7 cm³/mol. The number of hydrogen-bond donors (Lipinski definition) is 0. The van der Waals surface area contributed by atoms with E-state index in [2.05, 4.69) is 0 Å². The van der Waals surface area contributed by atoms with Crippen LogP contribution in [0.2, 0.25) is 0 Å². The van der Waals surface area contributed by atoms with E-state index in [4.69, 9.17) is 16.3 Å². The van der Waals surface area contributed by atoms with E-state index in [1.807, 2.05) is 6.07 Å².